The molecule has 390 valence electrons. The predicted molar refractivity (Wildman–Crippen MR) is 343 cm³/mol. The Morgan fingerprint density at radius 3 is 0.823 bits per heavy atom. The van der Waals surface area contributed by atoms with Crippen molar-refractivity contribution in [3.05, 3.63) is 327 Å². The Hall–Kier alpha value is -6.79. The minimum absolute atomic E-state index is 0.346. The number of hydrogen-bond acceptors (Lipinski definition) is 3. The van der Waals surface area contributed by atoms with Gasteiger partial charge in [-0.1, -0.05) is 231 Å². The monoisotopic (exact) mass is 1210 g/mol. The topological polar surface area (TPSA) is 21.7 Å². The molecule has 0 amide bonds. The van der Waals surface area contributed by atoms with Crippen LogP contribution in [-0.4, -0.2) is 4.67 Å². The van der Waals surface area contributed by atoms with Gasteiger partial charge in [0.1, 0.15) is 31.8 Å². The molecule has 1 heterocycles. The van der Waals surface area contributed by atoms with E-state index in [-0.39, 0.29) is 15.1 Å². The van der Waals surface area contributed by atoms with Gasteiger partial charge in [-0.3, -0.25) is 9.05 Å². The minimum atomic E-state index is -1.94. The van der Waals surface area contributed by atoms with Crippen LogP contribution in [0.2, 0.25) is 0 Å². The van der Waals surface area contributed by atoms with Crippen LogP contribution in [0.25, 0.3) is 32.7 Å². The number of fused-ring (bicyclic) bond motifs is 7. The summed E-state index contributed by atoms with van der Waals surface area (Å²) >= 11 is -0.346. The van der Waals surface area contributed by atoms with Crippen LogP contribution in [0.15, 0.2) is 315 Å². The first-order valence-corrected chi connectivity index (χ1v) is 34.9. The summed E-state index contributed by atoms with van der Waals surface area (Å²) in [4.78, 5) is 0. The Morgan fingerprint density at radius 1 is 0.304 bits per heavy atom. The average molecular weight is 1210 g/mol. The second-order valence-electron chi connectivity index (χ2n) is 18.6. The molecule has 0 aliphatic carbocycles. The summed E-state index contributed by atoms with van der Waals surface area (Å²) in [5.41, 5.74) is 4.67. The van der Waals surface area contributed by atoms with Crippen molar-refractivity contribution in [2.45, 2.75) is 13.1 Å². The summed E-state index contributed by atoms with van der Waals surface area (Å²) in [6.07, 6.45) is 0. The molecule has 0 saturated heterocycles. The maximum Gasteiger partial charge on any atom is 0.427 e. The van der Waals surface area contributed by atoms with Crippen molar-refractivity contribution in [3.8, 4) is 22.6 Å². The van der Waals surface area contributed by atoms with Gasteiger partial charge in [0.15, 0.2) is 11.5 Å². The van der Waals surface area contributed by atoms with E-state index in [0.29, 0.717) is 0 Å². The van der Waals surface area contributed by atoms with Crippen molar-refractivity contribution in [3.63, 3.8) is 0 Å². The molecule has 3 nitrogen and oxygen atoms in total. The summed E-state index contributed by atoms with van der Waals surface area (Å²) in [5, 5.41) is 13.3. The van der Waals surface area contributed by atoms with Crippen molar-refractivity contribution in [2.24, 2.45) is 0 Å². The third-order valence-electron chi connectivity index (χ3n) is 13.5. The average Bonchev–Trinajstić information content (AvgIpc) is 3.94. The molecule has 0 spiro atoms. The summed E-state index contributed by atoms with van der Waals surface area (Å²) in [6, 6.07) is 112. The van der Waals surface area contributed by atoms with Gasteiger partial charge in [0, 0.05) is 11.1 Å². The zero-order chi connectivity index (χ0) is 53.9. The van der Waals surface area contributed by atoms with Crippen LogP contribution in [-0.2, 0) is 28.2 Å². The first kappa shape index (κ1) is 55.5. The van der Waals surface area contributed by atoms with Crippen LogP contribution in [0.4, 0.5) is 0 Å². The standard InChI is InChI=1S/C34H26NO2P.2C18H15P.2ClH.Ru/c1-3-11-25(12-4-1)23-35(24-26-13-5-2-6-14-26)38-36-31-21-19-27-15-7-9-17-29(27)33(31)34-30-18-10-8-16-28(30)20-22-32(34)37-38;2*1-4-10-16(11-5-1)19(17-12-6-2-7-13-17)18-14-8-3-9-15-18;;;/h1-22H,23-24H2;2*1-15H;2*1H;/q;;;;;+2/p+1. The first-order chi connectivity index (χ1) is 39.1. The van der Waals surface area contributed by atoms with Crippen LogP contribution in [0.5, 0.6) is 11.5 Å². The summed E-state index contributed by atoms with van der Waals surface area (Å²) in [6.45, 7) is 1.46. The third kappa shape index (κ3) is 14.5. The number of benzene rings is 12. The maximum atomic E-state index is 6.91. The Kier molecular flexibility index (Phi) is 20.3. The van der Waals surface area contributed by atoms with Crippen LogP contribution in [0.3, 0.4) is 0 Å². The van der Waals surface area contributed by atoms with Gasteiger partial charge in [-0.05, 0) is 118 Å². The molecule has 79 heavy (non-hydrogen) atoms. The van der Waals surface area contributed by atoms with Gasteiger partial charge in [-0.15, -0.1) is 4.67 Å². The second kappa shape index (κ2) is 28.9. The van der Waals surface area contributed by atoms with E-state index in [1.165, 1.54) is 64.5 Å². The summed E-state index contributed by atoms with van der Waals surface area (Å²) in [7, 11) is 6.01. The molecular weight excluding hydrogens is 1150 g/mol. The van der Waals surface area contributed by atoms with Crippen LogP contribution >= 0.6 is 43.8 Å². The van der Waals surface area contributed by atoms with E-state index in [9.17, 15) is 0 Å². The van der Waals surface area contributed by atoms with Crippen LogP contribution < -0.4 is 40.9 Å². The fourth-order valence-electron chi connectivity index (χ4n) is 9.95. The molecule has 0 atom stereocenters. The Balaban J connectivity index is 0.000000144. The molecule has 0 bridgehead atoms. The number of hydrogen-bond donors (Lipinski definition) is 0. The van der Waals surface area contributed by atoms with Crippen LogP contribution in [0, 0.1) is 0 Å². The van der Waals surface area contributed by atoms with Crippen LogP contribution in [0.1, 0.15) is 11.1 Å². The summed E-state index contributed by atoms with van der Waals surface area (Å²) in [5.74, 6) is 1.75. The fourth-order valence-corrected chi connectivity index (χ4v) is 16.7. The molecule has 0 radical (unpaired) electrons. The largest absolute Gasteiger partial charge is 0.427 e. The Morgan fingerprint density at radius 2 is 0.544 bits per heavy atom. The van der Waals surface area contributed by atoms with Crippen molar-refractivity contribution < 1.29 is 24.2 Å². The summed E-state index contributed by atoms with van der Waals surface area (Å²) < 4.78 is 16.2. The maximum absolute atomic E-state index is 6.91. The van der Waals surface area contributed by atoms with E-state index < -0.39 is 24.4 Å². The SMILES string of the molecule is [Cl][Ru][Cl].c1ccc(CN(Cc2ccccc2)[PH+]2Oc3ccc4ccccc4c3-c3c(ccc4ccccc34)O2)cc1.c1ccc([PH+](c2ccccc2)c2ccccc2)cc1.c1ccc([PH+](c2ccccc2)c2ccccc2)cc1. The fraction of sp³-hybridized carbons (Fsp3) is 0.0286. The van der Waals surface area contributed by atoms with Gasteiger partial charge in [-0.2, -0.15) is 0 Å². The zero-order valence-corrected chi connectivity index (χ0v) is 49.6. The first-order valence-electron chi connectivity index (χ1n) is 26.2. The molecular formula is C70H59Cl2NO2P3Ru+3. The molecule has 1 aliphatic rings. The van der Waals surface area contributed by atoms with E-state index in [4.69, 9.17) is 28.4 Å². The molecule has 1 aliphatic heterocycles. The number of nitrogens with zero attached hydrogens (tertiary/aromatic N) is 1. The number of rotatable bonds is 11. The smallest absolute Gasteiger partial charge is 0.292 e. The molecule has 0 saturated carbocycles. The quantitative estimate of drug-likeness (QED) is 0.0952. The van der Waals surface area contributed by atoms with Gasteiger partial charge >= 0.3 is 43.1 Å². The molecule has 0 N–H and O–H groups in total. The zero-order valence-electron chi connectivity index (χ0n) is 43.3. The molecule has 0 unspecified atom stereocenters. The van der Waals surface area contributed by atoms with E-state index in [1.54, 1.807) is 0 Å². The molecule has 0 aromatic heterocycles. The van der Waals surface area contributed by atoms with Crippen molar-refractivity contribution in [2.75, 3.05) is 0 Å². The number of halogens is 2. The minimum Gasteiger partial charge on any atom is -0.292 e. The normalized spacial score (nSPS) is 11.6. The second-order valence-corrected chi connectivity index (χ2v) is 27.8. The van der Waals surface area contributed by atoms with Gasteiger partial charge in [0.2, 0.25) is 0 Å². The van der Waals surface area contributed by atoms with E-state index in [2.05, 4.69) is 320 Å². The Labute approximate surface area is 484 Å². The van der Waals surface area contributed by atoms with Crippen molar-refractivity contribution >= 4 is 97.1 Å². The van der Waals surface area contributed by atoms with Crippen molar-refractivity contribution in [1.82, 2.24) is 4.67 Å². The molecule has 12 aromatic carbocycles. The molecule has 9 heteroatoms. The van der Waals surface area contributed by atoms with E-state index in [0.717, 1.165) is 35.7 Å². The van der Waals surface area contributed by atoms with E-state index >= 15 is 0 Å². The predicted octanol–water partition coefficient (Wildman–Crippen LogP) is 16.8. The Bertz CT molecular complexity index is 3310. The molecule has 13 rings (SSSR count). The van der Waals surface area contributed by atoms with Gasteiger partial charge in [-0.25, -0.2) is 0 Å². The van der Waals surface area contributed by atoms with Crippen molar-refractivity contribution in [1.29, 1.82) is 0 Å². The van der Waals surface area contributed by atoms with Gasteiger partial charge < -0.3 is 0 Å². The third-order valence-corrected chi connectivity index (χ3v) is 20.6. The van der Waals surface area contributed by atoms with Gasteiger partial charge in [0.05, 0.1) is 28.9 Å². The van der Waals surface area contributed by atoms with E-state index in [1.807, 2.05) is 0 Å². The van der Waals surface area contributed by atoms with Gasteiger partial charge in [0.25, 0.3) is 0 Å². The molecule has 0 fully saturated rings. The molecule has 12 aromatic rings.